The van der Waals surface area contributed by atoms with Crippen molar-refractivity contribution >= 4 is 50.5 Å². The highest BCUT2D eigenvalue weighted by atomic mass is 35.5. The predicted octanol–water partition coefficient (Wildman–Crippen LogP) is 5.66. The van der Waals surface area contributed by atoms with E-state index in [0.29, 0.717) is 16.4 Å². The Morgan fingerprint density at radius 1 is 0.897 bits per heavy atom. The summed E-state index contributed by atoms with van der Waals surface area (Å²) in [5.41, 5.74) is 2.93. The molecule has 1 amide bonds. The van der Waals surface area contributed by atoms with E-state index in [4.69, 9.17) is 23.2 Å². The Bertz CT molecular complexity index is 1180. The zero-order valence-corrected chi connectivity index (χ0v) is 18.0. The fourth-order valence-electron chi connectivity index (χ4n) is 2.64. The van der Waals surface area contributed by atoms with Gasteiger partial charge in [0.2, 0.25) is 0 Å². The molecule has 0 aliphatic heterocycles. The van der Waals surface area contributed by atoms with Crippen LogP contribution in [-0.2, 0) is 10.0 Å². The third-order valence-corrected chi connectivity index (χ3v) is 6.32. The molecule has 5 nitrogen and oxygen atoms in total. The Morgan fingerprint density at radius 3 is 2.24 bits per heavy atom. The van der Waals surface area contributed by atoms with Gasteiger partial charge in [0, 0.05) is 22.0 Å². The van der Waals surface area contributed by atoms with Gasteiger partial charge in [-0.25, -0.2) is 8.42 Å². The van der Waals surface area contributed by atoms with Crippen LogP contribution in [0, 0.1) is 13.8 Å². The zero-order valence-electron chi connectivity index (χ0n) is 15.7. The van der Waals surface area contributed by atoms with Gasteiger partial charge in [0.15, 0.2) is 0 Å². The molecule has 0 saturated heterocycles. The van der Waals surface area contributed by atoms with Crippen molar-refractivity contribution in [3.8, 4) is 0 Å². The third-order valence-electron chi connectivity index (χ3n) is 4.22. The van der Waals surface area contributed by atoms with Crippen LogP contribution in [0.5, 0.6) is 0 Å². The Balaban J connectivity index is 1.88. The summed E-state index contributed by atoms with van der Waals surface area (Å²) in [5.74, 6) is -0.459. The van der Waals surface area contributed by atoms with Crippen molar-refractivity contribution in [1.82, 2.24) is 0 Å². The lowest BCUT2D eigenvalue weighted by molar-refractivity contribution is 0.102. The summed E-state index contributed by atoms with van der Waals surface area (Å²) in [5, 5.41) is 3.33. The second-order valence-electron chi connectivity index (χ2n) is 6.53. The summed E-state index contributed by atoms with van der Waals surface area (Å²) in [6.45, 7) is 3.71. The highest BCUT2D eigenvalue weighted by molar-refractivity contribution is 7.92. The monoisotopic (exact) mass is 448 g/mol. The van der Waals surface area contributed by atoms with Crippen LogP contribution in [0.4, 0.5) is 11.4 Å². The second-order valence-corrected chi connectivity index (χ2v) is 9.02. The van der Waals surface area contributed by atoms with Gasteiger partial charge >= 0.3 is 0 Å². The summed E-state index contributed by atoms with van der Waals surface area (Å²) in [6.07, 6.45) is 0. The van der Waals surface area contributed by atoms with Crippen molar-refractivity contribution in [3.63, 3.8) is 0 Å². The Labute approximate surface area is 179 Å². The molecule has 150 valence electrons. The highest BCUT2D eigenvalue weighted by Gasteiger charge is 2.21. The number of sulfonamides is 1. The average molecular weight is 449 g/mol. The summed E-state index contributed by atoms with van der Waals surface area (Å²) in [6, 6.07) is 16.1. The molecular formula is C21H18Cl2N2O3S. The number of nitrogens with one attached hydrogen (secondary N) is 2. The number of anilines is 2. The molecule has 8 heteroatoms. The molecule has 0 heterocycles. The largest absolute Gasteiger partial charge is 0.322 e. The standard InChI is InChI=1S/C21H18Cl2N2O3S/c1-13-3-7-17(8-4-13)25-29(27,28)20-12-15(5-9-18(20)23)21(26)24-19-10-6-16(22)11-14(19)2/h3-12,25H,1-2H3,(H,24,26). The number of amides is 1. The van der Waals surface area contributed by atoms with E-state index in [-0.39, 0.29) is 15.5 Å². The lowest BCUT2D eigenvalue weighted by atomic mass is 10.1. The van der Waals surface area contributed by atoms with Crippen LogP contribution in [0.15, 0.2) is 65.6 Å². The van der Waals surface area contributed by atoms with Crippen LogP contribution in [0.1, 0.15) is 21.5 Å². The van der Waals surface area contributed by atoms with Gasteiger partial charge < -0.3 is 5.32 Å². The van der Waals surface area contributed by atoms with E-state index in [1.807, 2.05) is 13.8 Å². The van der Waals surface area contributed by atoms with Gasteiger partial charge in [0.1, 0.15) is 4.90 Å². The first-order valence-electron chi connectivity index (χ1n) is 8.62. The molecule has 0 radical (unpaired) electrons. The summed E-state index contributed by atoms with van der Waals surface area (Å²) >= 11 is 12.0. The maximum Gasteiger partial charge on any atom is 0.263 e. The van der Waals surface area contributed by atoms with Crippen LogP contribution in [0.25, 0.3) is 0 Å². The van der Waals surface area contributed by atoms with Gasteiger partial charge in [-0.1, -0.05) is 40.9 Å². The molecule has 29 heavy (non-hydrogen) atoms. The molecule has 0 spiro atoms. The third kappa shape index (κ3) is 5.09. The van der Waals surface area contributed by atoms with Gasteiger partial charge in [-0.15, -0.1) is 0 Å². The van der Waals surface area contributed by atoms with E-state index >= 15 is 0 Å². The van der Waals surface area contributed by atoms with Gasteiger partial charge in [-0.3, -0.25) is 9.52 Å². The lowest BCUT2D eigenvalue weighted by Crippen LogP contribution is -2.16. The molecule has 0 aliphatic rings. The van der Waals surface area contributed by atoms with Crippen molar-refractivity contribution < 1.29 is 13.2 Å². The molecule has 0 bridgehead atoms. The molecule has 0 atom stereocenters. The summed E-state index contributed by atoms with van der Waals surface area (Å²) in [7, 11) is -3.98. The first kappa shape index (κ1) is 21.2. The van der Waals surface area contributed by atoms with Gasteiger partial charge in [-0.2, -0.15) is 0 Å². The fourth-order valence-corrected chi connectivity index (χ4v) is 4.46. The normalized spacial score (nSPS) is 11.2. The van der Waals surface area contributed by atoms with E-state index in [0.717, 1.165) is 11.1 Å². The van der Waals surface area contributed by atoms with Crippen molar-refractivity contribution in [2.24, 2.45) is 0 Å². The second kappa shape index (κ2) is 8.45. The van der Waals surface area contributed by atoms with E-state index in [9.17, 15) is 13.2 Å². The number of carbonyl (C=O) groups excluding carboxylic acids is 1. The topological polar surface area (TPSA) is 75.3 Å². The van der Waals surface area contributed by atoms with Crippen LogP contribution < -0.4 is 10.0 Å². The molecule has 2 N–H and O–H groups in total. The first-order chi connectivity index (χ1) is 13.7. The van der Waals surface area contributed by atoms with Gasteiger partial charge in [0.05, 0.1) is 5.02 Å². The van der Waals surface area contributed by atoms with Crippen molar-refractivity contribution in [1.29, 1.82) is 0 Å². The van der Waals surface area contributed by atoms with Gasteiger partial charge in [0.25, 0.3) is 15.9 Å². The molecule has 0 aliphatic carbocycles. The predicted molar refractivity (Wildman–Crippen MR) is 118 cm³/mol. The number of hydrogen-bond donors (Lipinski definition) is 2. The molecule has 3 rings (SSSR count). The minimum absolute atomic E-state index is 0.0174. The van der Waals surface area contributed by atoms with Crippen LogP contribution in [0.2, 0.25) is 10.0 Å². The molecule has 0 aromatic heterocycles. The Morgan fingerprint density at radius 2 is 1.59 bits per heavy atom. The van der Waals surface area contributed by atoms with Gasteiger partial charge in [-0.05, 0) is 67.9 Å². The minimum Gasteiger partial charge on any atom is -0.322 e. The molecule has 0 fully saturated rings. The van der Waals surface area contributed by atoms with E-state index < -0.39 is 15.9 Å². The maximum atomic E-state index is 12.8. The van der Waals surface area contributed by atoms with E-state index in [2.05, 4.69) is 10.0 Å². The highest BCUT2D eigenvalue weighted by Crippen LogP contribution is 2.26. The SMILES string of the molecule is Cc1ccc(NS(=O)(=O)c2cc(C(=O)Nc3ccc(Cl)cc3C)ccc2Cl)cc1. The molecule has 0 unspecified atom stereocenters. The lowest BCUT2D eigenvalue weighted by Gasteiger charge is -2.12. The minimum atomic E-state index is -3.98. The van der Waals surface area contributed by atoms with Crippen molar-refractivity contribution in [2.45, 2.75) is 18.7 Å². The van der Waals surface area contributed by atoms with Crippen LogP contribution >= 0.6 is 23.2 Å². The average Bonchev–Trinajstić information content (AvgIpc) is 2.66. The summed E-state index contributed by atoms with van der Waals surface area (Å²) < 4.78 is 28.1. The van der Waals surface area contributed by atoms with Crippen molar-refractivity contribution in [2.75, 3.05) is 10.0 Å². The van der Waals surface area contributed by atoms with Crippen LogP contribution in [-0.4, -0.2) is 14.3 Å². The molecular weight excluding hydrogens is 431 g/mol. The first-order valence-corrected chi connectivity index (χ1v) is 10.9. The fraction of sp³-hybridized carbons (Fsp3) is 0.0952. The molecule has 3 aromatic rings. The molecule has 3 aromatic carbocycles. The molecule has 0 saturated carbocycles. The smallest absolute Gasteiger partial charge is 0.263 e. The number of aryl methyl sites for hydroxylation is 2. The number of hydrogen-bond acceptors (Lipinski definition) is 3. The Kier molecular flexibility index (Phi) is 6.17. The number of carbonyl (C=O) groups is 1. The van der Waals surface area contributed by atoms with Crippen molar-refractivity contribution in [3.05, 3.63) is 87.4 Å². The summed E-state index contributed by atoms with van der Waals surface area (Å²) in [4.78, 5) is 12.5. The number of halogens is 2. The Hall–Kier alpha value is -2.54. The van der Waals surface area contributed by atoms with E-state index in [1.54, 1.807) is 42.5 Å². The number of rotatable bonds is 5. The maximum absolute atomic E-state index is 12.8. The van der Waals surface area contributed by atoms with E-state index in [1.165, 1.54) is 18.2 Å². The quantitative estimate of drug-likeness (QED) is 0.528. The number of benzene rings is 3. The van der Waals surface area contributed by atoms with Crippen LogP contribution in [0.3, 0.4) is 0 Å². The zero-order chi connectivity index (χ0) is 21.2.